The van der Waals surface area contributed by atoms with Gasteiger partial charge in [-0.2, -0.15) is 0 Å². The number of rotatable bonds is 1. The predicted molar refractivity (Wildman–Crippen MR) is 28.2 cm³/mol. The van der Waals surface area contributed by atoms with E-state index < -0.39 is 0 Å². The standard InChI is InChI=1S/C3H10NP/c1-3(5)4-2/h3-4H,5H2,1-2H3/t3-/m1/s1. The van der Waals surface area contributed by atoms with E-state index in [1.807, 2.05) is 7.05 Å². The van der Waals surface area contributed by atoms with Gasteiger partial charge in [0.25, 0.3) is 0 Å². The lowest BCUT2D eigenvalue weighted by Gasteiger charge is -1.95. The predicted octanol–water partition coefficient (Wildman–Crippen LogP) is 0.427. The fourth-order valence-corrected chi connectivity index (χ4v) is 0. The lowest BCUT2D eigenvalue weighted by molar-refractivity contribution is 0.807. The second-order valence-corrected chi connectivity index (χ2v) is 2.08. The minimum atomic E-state index is 0.551. The van der Waals surface area contributed by atoms with Gasteiger partial charge in [0, 0.05) is 5.78 Å². The summed E-state index contributed by atoms with van der Waals surface area (Å²) in [4.78, 5) is 0. The van der Waals surface area contributed by atoms with Crippen LogP contribution in [0.3, 0.4) is 0 Å². The summed E-state index contributed by atoms with van der Waals surface area (Å²) in [5.74, 6) is 0.551. The number of nitrogens with one attached hydrogen (secondary N) is 1. The van der Waals surface area contributed by atoms with E-state index in [-0.39, 0.29) is 0 Å². The van der Waals surface area contributed by atoms with Crippen LogP contribution in [-0.4, -0.2) is 12.8 Å². The van der Waals surface area contributed by atoms with Gasteiger partial charge in [0.15, 0.2) is 0 Å². The first-order valence-corrected chi connectivity index (χ1v) is 2.37. The van der Waals surface area contributed by atoms with Gasteiger partial charge in [-0.1, -0.05) is 0 Å². The second-order valence-electron chi connectivity index (χ2n) is 1.08. The molecule has 2 heteroatoms. The van der Waals surface area contributed by atoms with E-state index in [4.69, 9.17) is 0 Å². The zero-order valence-corrected chi connectivity index (χ0v) is 4.81. The Morgan fingerprint density at radius 1 is 1.80 bits per heavy atom. The Morgan fingerprint density at radius 3 is 2.00 bits per heavy atom. The molecular weight excluding hydrogens is 81.0 g/mol. The Kier molecular flexibility index (Phi) is 2.82. The molecule has 5 heavy (non-hydrogen) atoms. The third-order valence-corrected chi connectivity index (χ3v) is 0.789. The summed E-state index contributed by atoms with van der Waals surface area (Å²) >= 11 is 0. The summed E-state index contributed by atoms with van der Waals surface area (Å²) in [6.45, 7) is 2.07. The van der Waals surface area contributed by atoms with Gasteiger partial charge >= 0.3 is 0 Å². The highest BCUT2D eigenvalue weighted by Gasteiger charge is 1.76. The Balaban J connectivity index is 2.54. The molecule has 0 saturated carbocycles. The monoisotopic (exact) mass is 91.1 g/mol. The molecule has 1 unspecified atom stereocenters. The highest BCUT2D eigenvalue weighted by Crippen LogP contribution is 1.86. The van der Waals surface area contributed by atoms with Crippen molar-refractivity contribution in [2.45, 2.75) is 12.7 Å². The smallest absolute Gasteiger partial charge is 0.0180 e. The Bertz CT molecular complexity index is 20.9. The molecule has 0 aromatic rings. The van der Waals surface area contributed by atoms with Crippen molar-refractivity contribution in [1.29, 1.82) is 0 Å². The van der Waals surface area contributed by atoms with Gasteiger partial charge < -0.3 is 5.32 Å². The van der Waals surface area contributed by atoms with Crippen LogP contribution in [0.5, 0.6) is 0 Å². The van der Waals surface area contributed by atoms with Crippen molar-refractivity contribution in [3.05, 3.63) is 0 Å². The van der Waals surface area contributed by atoms with Gasteiger partial charge in [-0.15, -0.1) is 9.24 Å². The summed E-state index contributed by atoms with van der Waals surface area (Å²) < 4.78 is 0. The first-order valence-electron chi connectivity index (χ1n) is 1.70. The van der Waals surface area contributed by atoms with E-state index in [0.29, 0.717) is 5.78 Å². The first kappa shape index (κ1) is 5.39. The molecule has 1 nitrogen and oxygen atoms in total. The van der Waals surface area contributed by atoms with Crippen LogP contribution in [0.4, 0.5) is 0 Å². The molecule has 0 fully saturated rings. The minimum absolute atomic E-state index is 0.551. The quantitative estimate of drug-likeness (QED) is 0.461. The summed E-state index contributed by atoms with van der Waals surface area (Å²) in [5, 5.41) is 2.99. The largest absolute Gasteiger partial charge is 0.314 e. The lowest BCUT2D eigenvalue weighted by Crippen LogP contribution is -2.11. The lowest BCUT2D eigenvalue weighted by atomic mass is 10.8. The number of hydrogen-bond donors (Lipinski definition) is 1. The van der Waals surface area contributed by atoms with Crippen LogP contribution in [0.1, 0.15) is 6.92 Å². The van der Waals surface area contributed by atoms with Crippen molar-refractivity contribution >= 4 is 9.24 Å². The van der Waals surface area contributed by atoms with Gasteiger partial charge in [0.1, 0.15) is 0 Å². The summed E-state index contributed by atoms with van der Waals surface area (Å²) in [5.41, 5.74) is 0. The van der Waals surface area contributed by atoms with Crippen LogP contribution < -0.4 is 5.32 Å². The van der Waals surface area contributed by atoms with E-state index >= 15 is 0 Å². The van der Waals surface area contributed by atoms with Crippen molar-refractivity contribution < 1.29 is 0 Å². The third-order valence-electron chi connectivity index (χ3n) is 0.455. The molecule has 2 atom stereocenters. The van der Waals surface area contributed by atoms with Gasteiger partial charge in [-0.3, -0.25) is 0 Å². The molecule has 0 spiro atoms. The van der Waals surface area contributed by atoms with Crippen LogP contribution in [-0.2, 0) is 0 Å². The van der Waals surface area contributed by atoms with Gasteiger partial charge in [0.05, 0.1) is 0 Å². The van der Waals surface area contributed by atoms with Crippen molar-refractivity contribution in [1.82, 2.24) is 5.32 Å². The van der Waals surface area contributed by atoms with Crippen LogP contribution in [0.2, 0.25) is 0 Å². The van der Waals surface area contributed by atoms with E-state index in [2.05, 4.69) is 21.5 Å². The fourth-order valence-electron chi connectivity index (χ4n) is 0. The average molecular weight is 91.1 g/mol. The highest BCUT2D eigenvalue weighted by atomic mass is 31.0. The van der Waals surface area contributed by atoms with Crippen LogP contribution in [0.15, 0.2) is 0 Å². The molecule has 0 aromatic heterocycles. The molecule has 1 N–H and O–H groups in total. The molecule has 0 heterocycles. The normalized spacial score (nSPS) is 15.0. The minimum Gasteiger partial charge on any atom is -0.314 e. The van der Waals surface area contributed by atoms with E-state index in [1.165, 1.54) is 0 Å². The van der Waals surface area contributed by atoms with E-state index in [9.17, 15) is 0 Å². The second kappa shape index (κ2) is 2.62. The Morgan fingerprint density at radius 2 is 2.00 bits per heavy atom. The van der Waals surface area contributed by atoms with Crippen molar-refractivity contribution in [3.63, 3.8) is 0 Å². The topological polar surface area (TPSA) is 12.0 Å². The molecule has 0 bridgehead atoms. The number of hydrogen-bond acceptors (Lipinski definition) is 1. The maximum atomic E-state index is 2.99. The molecule has 0 aliphatic rings. The maximum Gasteiger partial charge on any atom is 0.0180 e. The Labute approximate surface area is 35.3 Å². The van der Waals surface area contributed by atoms with E-state index in [0.717, 1.165) is 0 Å². The zero-order chi connectivity index (χ0) is 4.28. The van der Waals surface area contributed by atoms with Crippen LogP contribution in [0.25, 0.3) is 0 Å². The third kappa shape index (κ3) is 4.39. The SMILES string of the molecule is CN[C@@H](C)P. The van der Waals surface area contributed by atoms with Gasteiger partial charge in [-0.05, 0) is 14.0 Å². The van der Waals surface area contributed by atoms with Crippen LogP contribution in [0, 0.1) is 0 Å². The van der Waals surface area contributed by atoms with Crippen molar-refractivity contribution in [3.8, 4) is 0 Å². The highest BCUT2D eigenvalue weighted by molar-refractivity contribution is 7.17. The maximum absolute atomic E-state index is 2.99. The van der Waals surface area contributed by atoms with Gasteiger partial charge in [-0.25, -0.2) is 0 Å². The molecule has 0 radical (unpaired) electrons. The fraction of sp³-hybridized carbons (Fsp3) is 1.00. The molecular formula is C3H10NP. The molecule has 0 aliphatic carbocycles. The molecule has 0 amide bonds. The summed E-state index contributed by atoms with van der Waals surface area (Å²) in [6.07, 6.45) is 0. The van der Waals surface area contributed by atoms with Crippen LogP contribution >= 0.6 is 9.24 Å². The van der Waals surface area contributed by atoms with E-state index in [1.54, 1.807) is 0 Å². The van der Waals surface area contributed by atoms with Gasteiger partial charge in [0.2, 0.25) is 0 Å². The first-order chi connectivity index (χ1) is 2.27. The molecule has 0 saturated heterocycles. The average Bonchev–Trinajstić information content (AvgIpc) is 1.38. The summed E-state index contributed by atoms with van der Waals surface area (Å²) in [7, 11) is 4.55. The summed E-state index contributed by atoms with van der Waals surface area (Å²) in [6, 6.07) is 0. The Hall–Kier alpha value is 0.390. The zero-order valence-electron chi connectivity index (χ0n) is 3.65. The van der Waals surface area contributed by atoms with Crippen molar-refractivity contribution in [2.24, 2.45) is 0 Å². The van der Waals surface area contributed by atoms with Crippen molar-refractivity contribution in [2.75, 3.05) is 7.05 Å². The molecule has 0 aromatic carbocycles. The molecule has 32 valence electrons. The molecule has 0 aliphatic heterocycles. The molecule has 0 rings (SSSR count).